The van der Waals surface area contributed by atoms with Crippen molar-refractivity contribution < 1.29 is 9.59 Å². The Balaban J connectivity index is 0.00000484. The third-order valence-corrected chi connectivity index (χ3v) is 3.93. The van der Waals surface area contributed by atoms with E-state index < -0.39 is 0 Å². The number of rotatable bonds is 9. The minimum atomic E-state index is -0.107. The highest BCUT2D eigenvalue weighted by Crippen LogP contribution is 2.22. The fraction of sp³-hybridized carbons (Fsp3) is 0.500. The van der Waals surface area contributed by atoms with Crippen LogP contribution in [0, 0.1) is 0 Å². The van der Waals surface area contributed by atoms with Gasteiger partial charge in [0.1, 0.15) is 0 Å². The standard InChI is InChI=1S/C16H25N3O2S.ClH/c1-12(2)19-15(20)11-22-14-8-4-3-7-13(14)16(21)18-10-6-5-9-17;/h3-4,7-8,12H,5-6,9-11,17H2,1-2H3,(H,18,21)(H,19,20);1H. The largest absolute Gasteiger partial charge is 0.353 e. The van der Waals surface area contributed by atoms with Crippen molar-refractivity contribution in [2.24, 2.45) is 5.73 Å². The predicted octanol–water partition coefficient (Wildman–Crippen LogP) is 2.19. The molecule has 1 aromatic rings. The van der Waals surface area contributed by atoms with Crippen molar-refractivity contribution in [3.05, 3.63) is 29.8 Å². The lowest BCUT2D eigenvalue weighted by Crippen LogP contribution is -2.31. The number of halogens is 1. The first kappa shape index (κ1) is 21.8. The van der Waals surface area contributed by atoms with Crippen LogP contribution in [0.4, 0.5) is 0 Å². The number of amides is 2. The summed E-state index contributed by atoms with van der Waals surface area (Å²) < 4.78 is 0. The quantitative estimate of drug-likeness (QED) is 0.466. The third kappa shape index (κ3) is 8.83. The minimum Gasteiger partial charge on any atom is -0.353 e. The van der Waals surface area contributed by atoms with E-state index in [-0.39, 0.29) is 30.3 Å². The van der Waals surface area contributed by atoms with Crippen LogP contribution >= 0.6 is 24.2 Å². The molecule has 0 aliphatic heterocycles. The lowest BCUT2D eigenvalue weighted by atomic mass is 10.2. The molecule has 23 heavy (non-hydrogen) atoms. The van der Waals surface area contributed by atoms with E-state index in [0.717, 1.165) is 17.7 Å². The molecule has 2 amide bonds. The van der Waals surface area contributed by atoms with Crippen LogP contribution < -0.4 is 16.4 Å². The summed E-state index contributed by atoms with van der Waals surface area (Å²) in [5, 5.41) is 5.72. The predicted molar refractivity (Wildman–Crippen MR) is 98.3 cm³/mol. The van der Waals surface area contributed by atoms with E-state index in [9.17, 15) is 9.59 Å². The van der Waals surface area contributed by atoms with Gasteiger partial charge in [-0.2, -0.15) is 0 Å². The van der Waals surface area contributed by atoms with Crippen molar-refractivity contribution in [3.8, 4) is 0 Å². The molecule has 0 saturated heterocycles. The Kier molecular flexibility index (Phi) is 11.6. The molecule has 0 saturated carbocycles. The first-order valence-corrected chi connectivity index (χ1v) is 8.52. The van der Waals surface area contributed by atoms with Gasteiger partial charge < -0.3 is 16.4 Å². The fourth-order valence-electron chi connectivity index (χ4n) is 1.85. The van der Waals surface area contributed by atoms with Crippen molar-refractivity contribution in [1.29, 1.82) is 0 Å². The van der Waals surface area contributed by atoms with Gasteiger partial charge in [0, 0.05) is 17.5 Å². The van der Waals surface area contributed by atoms with Crippen LogP contribution in [0.2, 0.25) is 0 Å². The molecule has 0 aliphatic rings. The first-order chi connectivity index (χ1) is 10.5. The monoisotopic (exact) mass is 359 g/mol. The number of benzene rings is 1. The number of carbonyl (C=O) groups excluding carboxylic acids is 2. The molecule has 1 rings (SSSR count). The zero-order valence-corrected chi connectivity index (χ0v) is 15.3. The third-order valence-electron chi connectivity index (χ3n) is 2.86. The van der Waals surface area contributed by atoms with E-state index in [4.69, 9.17) is 5.73 Å². The lowest BCUT2D eigenvalue weighted by Gasteiger charge is -2.11. The van der Waals surface area contributed by atoms with Gasteiger partial charge in [0.15, 0.2) is 0 Å². The van der Waals surface area contributed by atoms with Crippen molar-refractivity contribution in [2.45, 2.75) is 37.6 Å². The van der Waals surface area contributed by atoms with Gasteiger partial charge in [-0.3, -0.25) is 9.59 Å². The Morgan fingerprint density at radius 3 is 2.57 bits per heavy atom. The van der Waals surface area contributed by atoms with E-state index in [1.165, 1.54) is 11.8 Å². The van der Waals surface area contributed by atoms with Crippen molar-refractivity contribution in [3.63, 3.8) is 0 Å². The fourth-order valence-corrected chi connectivity index (χ4v) is 2.71. The molecule has 0 aromatic heterocycles. The van der Waals surface area contributed by atoms with E-state index in [1.54, 1.807) is 6.07 Å². The van der Waals surface area contributed by atoms with Gasteiger partial charge in [0.05, 0.1) is 11.3 Å². The summed E-state index contributed by atoms with van der Waals surface area (Å²) in [6.45, 7) is 5.09. The molecular formula is C16H26ClN3O2S. The highest BCUT2D eigenvalue weighted by Gasteiger charge is 2.12. The normalized spacial score (nSPS) is 10.1. The summed E-state index contributed by atoms with van der Waals surface area (Å²) >= 11 is 1.38. The van der Waals surface area contributed by atoms with E-state index in [0.29, 0.717) is 24.4 Å². The number of nitrogens with two attached hydrogens (primary N) is 1. The summed E-state index contributed by atoms with van der Waals surface area (Å²) in [6.07, 6.45) is 1.76. The highest BCUT2D eigenvalue weighted by molar-refractivity contribution is 8.00. The van der Waals surface area contributed by atoms with Crippen LogP contribution in [0.3, 0.4) is 0 Å². The number of nitrogens with one attached hydrogen (secondary N) is 2. The van der Waals surface area contributed by atoms with Gasteiger partial charge in [-0.15, -0.1) is 24.2 Å². The van der Waals surface area contributed by atoms with Gasteiger partial charge in [0.2, 0.25) is 5.91 Å². The van der Waals surface area contributed by atoms with Crippen LogP contribution in [-0.2, 0) is 4.79 Å². The maximum absolute atomic E-state index is 12.2. The van der Waals surface area contributed by atoms with Crippen LogP contribution in [-0.4, -0.2) is 36.7 Å². The van der Waals surface area contributed by atoms with Gasteiger partial charge in [-0.1, -0.05) is 12.1 Å². The van der Waals surface area contributed by atoms with Gasteiger partial charge in [-0.25, -0.2) is 0 Å². The Morgan fingerprint density at radius 1 is 1.22 bits per heavy atom. The molecule has 0 fully saturated rings. The number of hydrogen-bond acceptors (Lipinski definition) is 4. The van der Waals surface area contributed by atoms with Crippen LogP contribution in [0.1, 0.15) is 37.0 Å². The molecule has 0 aliphatic carbocycles. The summed E-state index contributed by atoms with van der Waals surface area (Å²) in [7, 11) is 0. The van der Waals surface area contributed by atoms with Crippen LogP contribution in [0.15, 0.2) is 29.2 Å². The molecule has 7 heteroatoms. The SMILES string of the molecule is CC(C)NC(=O)CSc1ccccc1C(=O)NCCCCN.Cl. The van der Waals surface area contributed by atoms with Crippen molar-refractivity contribution >= 4 is 36.0 Å². The number of hydrogen-bond donors (Lipinski definition) is 3. The Bertz CT molecular complexity index is 498. The van der Waals surface area contributed by atoms with Crippen LogP contribution in [0.5, 0.6) is 0 Å². The molecule has 0 radical (unpaired) electrons. The summed E-state index contributed by atoms with van der Waals surface area (Å²) in [4.78, 5) is 24.7. The first-order valence-electron chi connectivity index (χ1n) is 7.54. The Hall–Kier alpha value is -1.24. The average Bonchev–Trinajstić information content (AvgIpc) is 2.49. The van der Waals surface area contributed by atoms with E-state index >= 15 is 0 Å². The highest BCUT2D eigenvalue weighted by atomic mass is 35.5. The maximum atomic E-state index is 12.2. The topological polar surface area (TPSA) is 84.2 Å². The van der Waals surface area contributed by atoms with E-state index in [2.05, 4.69) is 10.6 Å². The summed E-state index contributed by atoms with van der Waals surface area (Å²) in [5.74, 6) is 0.165. The summed E-state index contributed by atoms with van der Waals surface area (Å²) in [6, 6.07) is 7.46. The zero-order valence-electron chi connectivity index (χ0n) is 13.6. The Morgan fingerprint density at radius 2 is 1.91 bits per heavy atom. The molecule has 5 nitrogen and oxygen atoms in total. The Labute approximate surface area is 148 Å². The second-order valence-electron chi connectivity index (χ2n) is 5.26. The maximum Gasteiger partial charge on any atom is 0.252 e. The van der Waals surface area contributed by atoms with Gasteiger partial charge >= 0.3 is 0 Å². The van der Waals surface area contributed by atoms with Crippen molar-refractivity contribution in [1.82, 2.24) is 10.6 Å². The lowest BCUT2D eigenvalue weighted by molar-refractivity contribution is -0.119. The summed E-state index contributed by atoms with van der Waals surface area (Å²) in [5.41, 5.74) is 6.04. The smallest absolute Gasteiger partial charge is 0.252 e. The van der Waals surface area contributed by atoms with Gasteiger partial charge in [-0.05, 0) is 45.4 Å². The molecular weight excluding hydrogens is 334 g/mol. The molecule has 0 heterocycles. The van der Waals surface area contributed by atoms with E-state index in [1.807, 2.05) is 32.0 Å². The zero-order chi connectivity index (χ0) is 16.4. The number of unbranched alkanes of at least 4 members (excludes halogenated alkanes) is 1. The minimum absolute atomic E-state index is 0. The molecule has 0 unspecified atom stereocenters. The number of thioether (sulfide) groups is 1. The molecule has 4 N–H and O–H groups in total. The molecule has 1 aromatic carbocycles. The molecule has 0 atom stereocenters. The molecule has 0 bridgehead atoms. The van der Waals surface area contributed by atoms with Crippen molar-refractivity contribution in [2.75, 3.05) is 18.8 Å². The molecule has 130 valence electrons. The average molecular weight is 360 g/mol. The number of carbonyl (C=O) groups is 2. The second kappa shape index (κ2) is 12.2. The molecule has 0 spiro atoms. The van der Waals surface area contributed by atoms with Gasteiger partial charge in [0.25, 0.3) is 5.91 Å². The van der Waals surface area contributed by atoms with Crippen LogP contribution in [0.25, 0.3) is 0 Å². The second-order valence-corrected chi connectivity index (χ2v) is 6.28.